The Balaban J connectivity index is 2.22. The largest absolute Gasteiger partial charge is 0.493 e. The number of amides is 1. The molecule has 8 heteroatoms. The van der Waals surface area contributed by atoms with E-state index in [2.05, 4.69) is 5.32 Å². The van der Waals surface area contributed by atoms with Crippen LogP contribution < -0.4 is 19.1 Å². The summed E-state index contributed by atoms with van der Waals surface area (Å²) in [5.74, 6) is 0.786. The van der Waals surface area contributed by atoms with Crippen LogP contribution >= 0.6 is 0 Å². The number of nitrogens with zero attached hydrogens (tertiary/aromatic N) is 1. The monoisotopic (exact) mass is 420 g/mol. The van der Waals surface area contributed by atoms with E-state index in [0.29, 0.717) is 23.6 Å². The molecule has 0 bridgehead atoms. The smallest absolute Gasteiger partial charge is 0.244 e. The van der Waals surface area contributed by atoms with E-state index in [1.54, 1.807) is 45.4 Å². The zero-order valence-corrected chi connectivity index (χ0v) is 18.2. The number of ether oxygens (including phenoxy) is 2. The SMILES string of the molecule is CC[C@@H](C(=O)NCc1ccc(OC)c(OC)c1)N(c1ccc(C)cc1)S(C)(=O)=O. The number of rotatable bonds is 9. The van der Waals surface area contributed by atoms with Gasteiger partial charge in [-0.2, -0.15) is 0 Å². The maximum Gasteiger partial charge on any atom is 0.244 e. The molecular formula is C21H28N2O5S. The molecule has 1 atom stereocenters. The second-order valence-electron chi connectivity index (χ2n) is 6.73. The van der Waals surface area contributed by atoms with E-state index in [0.717, 1.165) is 17.4 Å². The van der Waals surface area contributed by atoms with E-state index >= 15 is 0 Å². The summed E-state index contributed by atoms with van der Waals surface area (Å²) >= 11 is 0. The van der Waals surface area contributed by atoms with Crippen molar-refractivity contribution >= 4 is 21.6 Å². The van der Waals surface area contributed by atoms with E-state index in [4.69, 9.17) is 9.47 Å². The number of methoxy groups -OCH3 is 2. The molecule has 0 saturated heterocycles. The Bertz CT molecular complexity index is 942. The fourth-order valence-corrected chi connectivity index (χ4v) is 4.26. The highest BCUT2D eigenvalue weighted by molar-refractivity contribution is 7.92. The minimum Gasteiger partial charge on any atom is -0.493 e. The van der Waals surface area contributed by atoms with E-state index < -0.39 is 16.1 Å². The molecule has 0 heterocycles. The van der Waals surface area contributed by atoms with Crippen molar-refractivity contribution in [3.8, 4) is 11.5 Å². The van der Waals surface area contributed by atoms with Crippen LogP contribution in [0.5, 0.6) is 11.5 Å². The van der Waals surface area contributed by atoms with Gasteiger partial charge in [0, 0.05) is 6.54 Å². The van der Waals surface area contributed by atoms with Crippen LogP contribution in [0.2, 0.25) is 0 Å². The summed E-state index contributed by atoms with van der Waals surface area (Å²) in [7, 11) is -0.562. The molecular weight excluding hydrogens is 392 g/mol. The second-order valence-corrected chi connectivity index (χ2v) is 8.58. The Kier molecular flexibility index (Phi) is 7.50. The molecule has 1 amide bonds. The fraction of sp³-hybridized carbons (Fsp3) is 0.381. The van der Waals surface area contributed by atoms with Gasteiger partial charge >= 0.3 is 0 Å². The number of nitrogens with one attached hydrogen (secondary N) is 1. The van der Waals surface area contributed by atoms with Gasteiger partial charge in [-0.15, -0.1) is 0 Å². The Morgan fingerprint density at radius 2 is 1.69 bits per heavy atom. The number of anilines is 1. The summed E-state index contributed by atoms with van der Waals surface area (Å²) in [5.41, 5.74) is 2.28. The first kappa shape index (κ1) is 22.5. The van der Waals surface area contributed by atoms with Crippen LogP contribution in [0.15, 0.2) is 42.5 Å². The normalized spacial score (nSPS) is 12.2. The van der Waals surface area contributed by atoms with E-state index in [9.17, 15) is 13.2 Å². The molecule has 2 aromatic rings. The molecule has 29 heavy (non-hydrogen) atoms. The first-order valence-corrected chi connectivity index (χ1v) is 11.1. The van der Waals surface area contributed by atoms with Crippen LogP contribution in [0.3, 0.4) is 0 Å². The molecule has 2 rings (SSSR count). The van der Waals surface area contributed by atoms with Crippen LogP contribution in [0, 0.1) is 6.92 Å². The lowest BCUT2D eigenvalue weighted by atomic mass is 10.1. The number of carbonyl (C=O) groups excluding carboxylic acids is 1. The van der Waals surface area contributed by atoms with Gasteiger partial charge in [0.25, 0.3) is 0 Å². The van der Waals surface area contributed by atoms with Gasteiger partial charge in [-0.1, -0.05) is 30.7 Å². The summed E-state index contributed by atoms with van der Waals surface area (Å²) < 4.78 is 36.6. The predicted molar refractivity (Wildman–Crippen MR) is 114 cm³/mol. The number of carbonyl (C=O) groups is 1. The van der Waals surface area contributed by atoms with Crippen LogP contribution in [-0.2, 0) is 21.4 Å². The third-order valence-corrected chi connectivity index (χ3v) is 5.71. The summed E-state index contributed by atoms with van der Waals surface area (Å²) in [4.78, 5) is 12.9. The van der Waals surface area contributed by atoms with E-state index in [-0.39, 0.29) is 12.5 Å². The molecule has 2 aromatic carbocycles. The summed E-state index contributed by atoms with van der Waals surface area (Å²) in [5, 5.41) is 2.83. The number of hydrogen-bond donors (Lipinski definition) is 1. The third-order valence-electron chi connectivity index (χ3n) is 4.53. The Morgan fingerprint density at radius 1 is 1.07 bits per heavy atom. The van der Waals surface area contributed by atoms with Gasteiger partial charge in [0.15, 0.2) is 11.5 Å². The lowest BCUT2D eigenvalue weighted by Crippen LogP contribution is -2.49. The van der Waals surface area contributed by atoms with Crippen molar-refractivity contribution in [1.82, 2.24) is 5.32 Å². The fourth-order valence-electron chi connectivity index (χ4n) is 3.05. The number of hydrogen-bond acceptors (Lipinski definition) is 5. The zero-order valence-electron chi connectivity index (χ0n) is 17.4. The molecule has 0 unspecified atom stereocenters. The highest BCUT2D eigenvalue weighted by atomic mass is 32.2. The molecule has 0 fully saturated rings. The molecule has 7 nitrogen and oxygen atoms in total. The van der Waals surface area contributed by atoms with Crippen molar-refractivity contribution in [2.75, 3.05) is 24.8 Å². The van der Waals surface area contributed by atoms with Crippen molar-refractivity contribution in [3.63, 3.8) is 0 Å². The zero-order chi connectivity index (χ0) is 21.6. The van der Waals surface area contributed by atoms with Crippen LogP contribution in [0.4, 0.5) is 5.69 Å². The molecule has 0 aliphatic carbocycles. The summed E-state index contributed by atoms with van der Waals surface area (Å²) in [6.45, 7) is 3.94. The average Bonchev–Trinajstić information content (AvgIpc) is 2.69. The molecule has 0 saturated carbocycles. The number of aryl methyl sites for hydroxylation is 1. The molecule has 0 spiro atoms. The van der Waals surface area contributed by atoms with Crippen molar-refractivity contribution in [3.05, 3.63) is 53.6 Å². The van der Waals surface area contributed by atoms with Crippen molar-refractivity contribution in [2.45, 2.75) is 32.9 Å². The molecule has 0 radical (unpaired) electrons. The van der Waals surface area contributed by atoms with Crippen molar-refractivity contribution < 1.29 is 22.7 Å². The third kappa shape index (κ3) is 5.63. The maximum absolute atomic E-state index is 12.9. The van der Waals surface area contributed by atoms with Gasteiger partial charge < -0.3 is 14.8 Å². The van der Waals surface area contributed by atoms with Gasteiger partial charge in [0.1, 0.15) is 6.04 Å². The number of sulfonamides is 1. The second kappa shape index (κ2) is 9.65. The quantitative estimate of drug-likeness (QED) is 0.674. The lowest BCUT2D eigenvalue weighted by molar-refractivity contribution is -0.122. The average molecular weight is 421 g/mol. The topological polar surface area (TPSA) is 84.9 Å². The van der Waals surface area contributed by atoms with E-state index in [1.165, 1.54) is 4.31 Å². The van der Waals surface area contributed by atoms with Crippen LogP contribution in [-0.4, -0.2) is 40.8 Å². The predicted octanol–water partition coefficient (Wildman–Crippen LogP) is 2.87. The molecule has 158 valence electrons. The highest BCUT2D eigenvalue weighted by Gasteiger charge is 2.31. The summed E-state index contributed by atoms with van der Waals surface area (Å²) in [6.07, 6.45) is 1.44. The molecule has 0 aliphatic heterocycles. The van der Waals surface area contributed by atoms with Gasteiger partial charge in [-0.25, -0.2) is 8.42 Å². The van der Waals surface area contributed by atoms with Crippen LogP contribution in [0.1, 0.15) is 24.5 Å². The number of benzene rings is 2. The van der Waals surface area contributed by atoms with Gasteiger partial charge in [0.05, 0.1) is 26.2 Å². The lowest BCUT2D eigenvalue weighted by Gasteiger charge is -2.30. The standard InChI is InChI=1S/C21H28N2O5S/c1-6-18(23(29(5,25)26)17-10-7-15(2)8-11-17)21(24)22-14-16-9-12-19(27-3)20(13-16)28-4/h7-13,18H,6,14H2,1-5H3,(H,22,24)/t18-/m0/s1. The molecule has 0 aliphatic rings. The van der Waals surface area contributed by atoms with Crippen molar-refractivity contribution in [2.24, 2.45) is 0 Å². The Labute approximate surface area is 172 Å². The highest BCUT2D eigenvalue weighted by Crippen LogP contribution is 2.27. The first-order valence-electron chi connectivity index (χ1n) is 9.26. The molecule has 1 N–H and O–H groups in total. The molecule has 0 aromatic heterocycles. The van der Waals surface area contributed by atoms with Gasteiger partial charge in [-0.05, 0) is 43.2 Å². The summed E-state index contributed by atoms with van der Waals surface area (Å²) in [6, 6.07) is 11.6. The first-order chi connectivity index (χ1) is 13.7. The maximum atomic E-state index is 12.9. The van der Waals surface area contributed by atoms with Gasteiger partial charge in [0.2, 0.25) is 15.9 Å². The minimum atomic E-state index is -3.65. The minimum absolute atomic E-state index is 0.237. The van der Waals surface area contributed by atoms with Crippen LogP contribution in [0.25, 0.3) is 0 Å². The Morgan fingerprint density at radius 3 is 2.21 bits per heavy atom. The van der Waals surface area contributed by atoms with Gasteiger partial charge in [-0.3, -0.25) is 9.10 Å². The van der Waals surface area contributed by atoms with Crippen molar-refractivity contribution in [1.29, 1.82) is 0 Å². The Hall–Kier alpha value is -2.74. The van der Waals surface area contributed by atoms with E-state index in [1.807, 2.05) is 25.1 Å².